The molecule has 2 aromatic heterocycles. The molecule has 158 valence electrons. The number of unbranched alkanes of at least 4 members (excludes halogenated alkanes) is 3. The molecule has 29 heavy (non-hydrogen) atoms. The van der Waals surface area contributed by atoms with Crippen molar-refractivity contribution in [3.05, 3.63) is 47.2 Å². The van der Waals surface area contributed by atoms with E-state index >= 15 is 0 Å². The number of aryl methyl sites for hydroxylation is 3. The van der Waals surface area contributed by atoms with Crippen LogP contribution in [0.1, 0.15) is 73.5 Å². The van der Waals surface area contributed by atoms with Crippen LogP contribution < -0.4 is 11.5 Å². The maximum atomic E-state index is 11.2. The fourth-order valence-electron chi connectivity index (χ4n) is 3.77. The first kappa shape index (κ1) is 22.7. The van der Waals surface area contributed by atoms with Gasteiger partial charge in [0.1, 0.15) is 11.6 Å². The fraction of sp³-hybridized carbons (Fsp3) is 0.545. The van der Waals surface area contributed by atoms with Crippen molar-refractivity contribution in [2.75, 3.05) is 11.9 Å². The van der Waals surface area contributed by atoms with Crippen molar-refractivity contribution in [2.45, 2.75) is 70.6 Å². The second kappa shape index (κ2) is 11.5. The Labute approximate surface area is 173 Å². The van der Waals surface area contributed by atoms with E-state index in [1.165, 1.54) is 12.0 Å². The van der Waals surface area contributed by atoms with Gasteiger partial charge in [0.15, 0.2) is 0 Å². The summed E-state index contributed by atoms with van der Waals surface area (Å²) in [5.41, 5.74) is 3.42. The number of fused-ring (bicyclic) bond motifs is 1. The van der Waals surface area contributed by atoms with Crippen molar-refractivity contribution in [1.82, 2.24) is 21.1 Å². The Morgan fingerprint density at radius 2 is 1.93 bits per heavy atom. The first-order valence-electron chi connectivity index (χ1n) is 10.3. The van der Waals surface area contributed by atoms with E-state index in [1.54, 1.807) is 12.4 Å². The Bertz CT molecular complexity index is 779. The summed E-state index contributed by atoms with van der Waals surface area (Å²) in [7, 11) is 0. The molecular weight excluding hydrogens is 366 g/mol. The highest BCUT2D eigenvalue weighted by molar-refractivity contribution is 5.68. The standard InChI is InChI=1S/C22H30N4O2.H3N/c1-16-24-14-19(15-25-16)18(13-21(27)28)7-4-2-3-5-9-20-11-10-17-8-6-12-23-22(17)26-20;/h10-11,14-15,18H,2-9,12-13H2,1H3,(H,23,26)(H,27,28);1H3/t18-;/m0./s1. The molecule has 3 rings (SSSR count). The minimum Gasteiger partial charge on any atom is -0.481 e. The van der Waals surface area contributed by atoms with Crippen LogP contribution in [0, 0.1) is 6.92 Å². The van der Waals surface area contributed by atoms with Crippen LogP contribution >= 0.6 is 0 Å². The SMILES string of the molecule is Cc1ncc([C@@H](CCCCCCc2ccc3c(n2)NCCC3)CC(=O)O)cn1.N. The number of carboxylic acid groups (broad SMARTS) is 1. The number of hydrogen-bond donors (Lipinski definition) is 3. The van der Waals surface area contributed by atoms with Gasteiger partial charge in [0.05, 0.1) is 6.42 Å². The Morgan fingerprint density at radius 1 is 1.17 bits per heavy atom. The van der Waals surface area contributed by atoms with Gasteiger partial charge < -0.3 is 16.6 Å². The zero-order valence-corrected chi connectivity index (χ0v) is 17.4. The van der Waals surface area contributed by atoms with Crippen LogP contribution in [0.15, 0.2) is 24.5 Å². The number of nitrogens with zero attached hydrogens (tertiary/aromatic N) is 3. The first-order valence-corrected chi connectivity index (χ1v) is 10.3. The number of aliphatic carboxylic acids is 1. The molecule has 0 fully saturated rings. The Morgan fingerprint density at radius 3 is 2.69 bits per heavy atom. The Balaban J connectivity index is 0.00000300. The zero-order chi connectivity index (χ0) is 19.8. The van der Waals surface area contributed by atoms with Gasteiger partial charge in [-0.05, 0) is 62.1 Å². The summed E-state index contributed by atoms with van der Waals surface area (Å²) >= 11 is 0. The minimum atomic E-state index is -0.766. The smallest absolute Gasteiger partial charge is 0.303 e. The predicted molar refractivity (Wildman–Crippen MR) is 115 cm³/mol. The van der Waals surface area contributed by atoms with Gasteiger partial charge in [-0.3, -0.25) is 4.79 Å². The monoisotopic (exact) mass is 399 g/mol. The lowest BCUT2D eigenvalue weighted by atomic mass is 9.92. The van der Waals surface area contributed by atoms with Gasteiger partial charge in [-0.15, -0.1) is 0 Å². The summed E-state index contributed by atoms with van der Waals surface area (Å²) in [5, 5.41) is 12.6. The molecule has 0 unspecified atom stereocenters. The van der Waals surface area contributed by atoms with Gasteiger partial charge in [-0.25, -0.2) is 15.0 Å². The summed E-state index contributed by atoms with van der Waals surface area (Å²) in [6.45, 7) is 2.86. The summed E-state index contributed by atoms with van der Waals surface area (Å²) in [6.07, 6.45) is 12.2. The molecular formula is C22H33N5O2. The molecule has 1 aliphatic heterocycles. The summed E-state index contributed by atoms with van der Waals surface area (Å²) in [4.78, 5) is 24.4. The molecule has 7 heteroatoms. The van der Waals surface area contributed by atoms with Crippen molar-refractivity contribution >= 4 is 11.8 Å². The number of carboxylic acids is 1. The Kier molecular flexibility index (Phi) is 8.99. The number of rotatable bonds is 10. The lowest BCUT2D eigenvalue weighted by Gasteiger charge is -2.17. The van der Waals surface area contributed by atoms with Crippen molar-refractivity contribution in [2.24, 2.45) is 0 Å². The third-order valence-corrected chi connectivity index (χ3v) is 5.38. The Hall–Kier alpha value is -2.54. The van der Waals surface area contributed by atoms with Crippen LogP contribution in [-0.4, -0.2) is 32.6 Å². The number of aromatic nitrogens is 3. The van der Waals surface area contributed by atoms with E-state index < -0.39 is 5.97 Å². The van der Waals surface area contributed by atoms with Gasteiger partial charge in [0.25, 0.3) is 0 Å². The van der Waals surface area contributed by atoms with Crippen molar-refractivity contribution in [3.63, 3.8) is 0 Å². The number of carbonyl (C=O) groups is 1. The van der Waals surface area contributed by atoms with E-state index in [4.69, 9.17) is 4.98 Å². The minimum absolute atomic E-state index is 0. The predicted octanol–water partition coefficient (Wildman–Crippen LogP) is 4.45. The van der Waals surface area contributed by atoms with Gasteiger partial charge in [-0.2, -0.15) is 0 Å². The van der Waals surface area contributed by atoms with Gasteiger partial charge in [0.2, 0.25) is 0 Å². The molecule has 0 radical (unpaired) electrons. The van der Waals surface area contributed by atoms with E-state index in [-0.39, 0.29) is 18.5 Å². The molecule has 1 atom stereocenters. The number of pyridine rings is 1. The number of hydrogen-bond acceptors (Lipinski definition) is 6. The molecule has 0 aliphatic carbocycles. The lowest BCUT2D eigenvalue weighted by Crippen LogP contribution is -2.13. The van der Waals surface area contributed by atoms with Crippen LogP contribution in [0.3, 0.4) is 0 Å². The average molecular weight is 400 g/mol. The highest BCUT2D eigenvalue weighted by atomic mass is 16.4. The average Bonchev–Trinajstić information content (AvgIpc) is 2.70. The lowest BCUT2D eigenvalue weighted by molar-refractivity contribution is -0.137. The molecule has 5 N–H and O–H groups in total. The van der Waals surface area contributed by atoms with Crippen molar-refractivity contribution < 1.29 is 9.90 Å². The van der Waals surface area contributed by atoms with Crippen LogP contribution in [0.2, 0.25) is 0 Å². The van der Waals surface area contributed by atoms with Crippen LogP contribution in [0.5, 0.6) is 0 Å². The van der Waals surface area contributed by atoms with Crippen LogP contribution in [-0.2, 0) is 17.6 Å². The zero-order valence-electron chi connectivity index (χ0n) is 17.4. The summed E-state index contributed by atoms with van der Waals surface area (Å²) in [5.74, 6) is 1.01. The van der Waals surface area contributed by atoms with Gasteiger partial charge in [-0.1, -0.05) is 25.3 Å². The van der Waals surface area contributed by atoms with E-state index in [1.807, 2.05) is 6.92 Å². The van der Waals surface area contributed by atoms with E-state index in [0.29, 0.717) is 5.82 Å². The van der Waals surface area contributed by atoms with E-state index in [0.717, 1.165) is 68.6 Å². The summed E-state index contributed by atoms with van der Waals surface area (Å²) in [6, 6.07) is 4.37. The van der Waals surface area contributed by atoms with Crippen LogP contribution in [0.4, 0.5) is 5.82 Å². The fourth-order valence-corrected chi connectivity index (χ4v) is 3.77. The van der Waals surface area contributed by atoms with E-state index in [9.17, 15) is 9.90 Å². The second-order valence-electron chi connectivity index (χ2n) is 7.65. The maximum absolute atomic E-state index is 11.2. The quantitative estimate of drug-likeness (QED) is 0.504. The van der Waals surface area contributed by atoms with Gasteiger partial charge >= 0.3 is 5.97 Å². The van der Waals surface area contributed by atoms with E-state index in [2.05, 4.69) is 27.4 Å². The topological polar surface area (TPSA) is 123 Å². The van der Waals surface area contributed by atoms with Gasteiger partial charge in [0, 0.05) is 24.6 Å². The third kappa shape index (κ3) is 7.09. The number of anilines is 1. The molecule has 0 saturated heterocycles. The maximum Gasteiger partial charge on any atom is 0.303 e. The second-order valence-corrected chi connectivity index (χ2v) is 7.65. The first-order chi connectivity index (χ1) is 13.6. The molecule has 0 aromatic carbocycles. The summed E-state index contributed by atoms with van der Waals surface area (Å²) < 4.78 is 0. The van der Waals surface area contributed by atoms with Crippen LogP contribution in [0.25, 0.3) is 0 Å². The highest BCUT2D eigenvalue weighted by Crippen LogP contribution is 2.26. The molecule has 7 nitrogen and oxygen atoms in total. The molecule has 0 saturated carbocycles. The molecule has 2 aromatic rings. The molecule has 0 spiro atoms. The highest BCUT2D eigenvalue weighted by Gasteiger charge is 2.16. The molecule has 1 aliphatic rings. The molecule has 0 amide bonds. The third-order valence-electron chi connectivity index (χ3n) is 5.38. The molecule has 3 heterocycles. The largest absolute Gasteiger partial charge is 0.481 e. The number of nitrogens with one attached hydrogen (secondary N) is 1. The molecule has 0 bridgehead atoms. The normalized spacial score (nSPS) is 13.7. The van der Waals surface area contributed by atoms with Crippen molar-refractivity contribution in [1.29, 1.82) is 0 Å². The van der Waals surface area contributed by atoms with Crippen molar-refractivity contribution in [3.8, 4) is 0 Å².